The Bertz CT molecular complexity index is 223. The summed E-state index contributed by atoms with van der Waals surface area (Å²) < 4.78 is 1.44. The normalized spacial score (nSPS) is 10.3. The first-order chi connectivity index (χ1) is 4.74. The molecule has 0 radical (unpaired) electrons. The molecule has 3 nitrogen and oxygen atoms in total. The first-order valence-electron chi connectivity index (χ1n) is 2.74. The molecule has 0 aliphatic carbocycles. The number of aromatic nitrogens is 2. The highest BCUT2D eigenvalue weighted by Gasteiger charge is 2.03. The van der Waals surface area contributed by atoms with E-state index in [9.17, 15) is 0 Å². The van der Waals surface area contributed by atoms with Crippen LogP contribution >= 0.6 is 31.9 Å². The molecule has 0 aliphatic rings. The van der Waals surface area contributed by atoms with Gasteiger partial charge in [-0.05, 0) is 31.9 Å². The summed E-state index contributed by atoms with van der Waals surface area (Å²) in [5, 5.41) is 8.57. The van der Waals surface area contributed by atoms with Gasteiger partial charge in [0, 0.05) is 13.0 Å². The summed E-state index contributed by atoms with van der Waals surface area (Å²) in [6.07, 6.45) is 0.596. The van der Waals surface area contributed by atoms with Crippen LogP contribution < -0.4 is 0 Å². The maximum Gasteiger partial charge on any atom is 0.175 e. The third-order valence-corrected chi connectivity index (χ3v) is 2.09. The second-order valence-corrected chi connectivity index (χ2v) is 3.27. The number of hydrogen-bond acceptors (Lipinski definition) is 2. The Morgan fingerprint density at radius 2 is 2.20 bits per heavy atom. The van der Waals surface area contributed by atoms with Crippen LogP contribution in [0.25, 0.3) is 0 Å². The third-order valence-electron chi connectivity index (χ3n) is 1.06. The van der Waals surface area contributed by atoms with E-state index in [1.807, 2.05) is 0 Å². The summed E-state index contributed by atoms with van der Waals surface area (Å²) in [5.41, 5.74) is 0.911. The van der Waals surface area contributed by atoms with Crippen molar-refractivity contribution in [3.05, 3.63) is 15.0 Å². The van der Waals surface area contributed by atoms with Crippen LogP contribution in [-0.2, 0) is 6.42 Å². The highest BCUT2D eigenvalue weighted by molar-refractivity contribution is 9.11. The van der Waals surface area contributed by atoms with E-state index < -0.39 is 0 Å². The number of imidazole rings is 1. The van der Waals surface area contributed by atoms with Crippen LogP contribution in [0.3, 0.4) is 0 Å². The molecule has 0 aliphatic heterocycles. The summed E-state index contributed by atoms with van der Waals surface area (Å²) in [7, 11) is 0. The minimum absolute atomic E-state index is 0.132. The number of aliphatic hydroxyl groups excluding tert-OH is 1. The molecule has 56 valence electrons. The quantitative estimate of drug-likeness (QED) is 0.854. The number of H-pyrrole nitrogens is 1. The number of halogens is 2. The van der Waals surface area contributed by atoms with Crippen molar-refractivity contribution < 1.29 is 5.11 Å². The van der Waals surface area contributed by atoms with Gasteiger partial charge in [0.1, 0.15) is 4.60 Å². The van der Waals surface area contributed by atoms with Crippen LogP contribution in [0.1, 0.15) is 5.69 Å². The van der Waals surface area contributed by atoms with Gasteiger partial charge in [-0.1, -0.05) is 0 Å². The van der Waals surface area contributed by atoms with Crippen molar-refractivity contribution in [2.75, 3.05) is 6.61 Å². The Balaban J connectivity index is 2.81. The fourth-order valence-corrected chi connectivity index (χ4v) is 1.76. The molecule has 0 amide bonds. The average Bonchev–Trinajstić information content (AvgIpc) is 2.13. The lowest BCUT2D eigenvalue weighted by atomic mass is 10.4. The molecule has 0 bridgehead atoms. The van der Waals surface area contributed by atoms with Crippen LogP contribution in [0.15, 0.2) is 9.34 Å². The largest absolute Gasteiger partial charge is 0.396 e. The predicted octanol–water partition coefficient (Wildman–Crippen LogP) is 1.47. The van der Waals surface area contributed by atoms with Gasteiger partial charge in [-0.3, -0.25) is 0 Å². The first kappa shape index (κ1) is 8.23. The number of rotatable bonds is 2. The van der Waals surface area contributed by atoms with Crippen LogP contribution in [0, 0.1) is 0 Å². The molecule has 1 aromatic rings. The van der Waals surface area contributed by atoms with Gasteiger partial charge < -0.3 is 10.1 Å². The van der Waals surface area contributed by atoms with Gasteiger partial charge in [0.25, 0.3) is 0 Å². The molecule has 10 heavy (non-hydrogen) atoms. The second-order valence-electron chi connectivity index (χ2n) is 1.77. The van der Waals surface area contributed by atoms with Crippen molar-refractivity contribution in [1.82, 2.24) is 9.97 Å². The standard InChI is InChI=1S/C5H6Br2N2O/c6-4-3(1-2-10)8-5(7)9-4/h10H,1-2H2,(H,8,9). The van der Waals surface area contributed by atoms with E-state index in [0.717, 1.165) is 10.3 Å². The van der Waals surface area contributed by atoms with E-state index >= 15 is 0 Å². The van der Waals surface area contributed by atoms with E-state index in [-0.39, 0.29) is 6.61 Å². The summed E-state index contributed by atoms with van der Waals surface area (Å²) >= 11 is 6.41. The summed E-state index contributed by atoms with van der Waals surface area (Å²) in [5.74, 6) is 0. The molecule has 0 spiro atoms. The van der Waals surface area contributed by atoms with Crippen molar-refractivity contribution in [3.63, 3.8) is 0 Å². The fourth-order valence-electron chi connectivity index (χ4n) is 0.635. The molecule has 1 rings (SSSR count). The summed E-state index contributed by atoms with van der Waals surface area (Å²) in [6.45, 7) is 0.132. The van der Waals surface area contributed by atoms with Crippen LogP contribution in [0.2, 0.25) is 0 Å². The molecular weight excluding hydrogens is 264 g/mol. The predicted molar refractivity (Wildman–Crippen MR) is 44.8 cm³/mol. The monoisotopic (exact) mass is 268 g/mol. The highest BCUT2D eigenvalue weighted by atomic mass is 79.9. The molecule has 0 saturated heterocycles. The molecular formula is C5H6Br2N2O. The third kappa shape index (κ3) is 1.81. The zero-order valence-electron chi connectivity index (χ0n) is 5.06. The Kier molecular flexibility index (Phi) is 2.88. The highest BCUT2D eigenvalue weighted by Crippen LogP contribution is 2.16. The first-order valence-corrected chi connectivity index (χ1v) is 4.33. The topological polar surface area (TPSA) is 48.9 Å². The zero-order valence-corrected chi connectivity index (χ0v) is 8.24. The van der Waals surface area contributed by atoms with Crippen molar-refractivity contribution in [2.24, 2.45) is 0 Å². The van der Waals surface area contributed by atoms with Crippen molar-refractivity contribution in [2.45, 2.75) is 6.42 Å². The average molecular weight is 270 g/mol. The Labute approximate surface area is 75.1 Å². The van der Waals surface area contributed by atoms with E-state index in [1.54, 1.807) is 0 Å². The maximum atomic E-state index is 8.57. The smallest absolute Gasteiger partial charge is 0.175 e. The van der Waals surface area contributed by atoms with Crippen LogP contribution in [-0.4, -0.2) is 21.7 Å². The van der Waals surface area contributed by atoms with Crippen molar-refractivity contribution in [3.8, 4) is 0 Å². The van der Waals surface area contributed by atoms with Gasteiger partial charge in [-0.2, -0.15) is 0 Å². The Morgan fingerprint density at radius 1 is 1.50 bits per heavy atom. The fraction of sp³-hybridized carbons (Fsp3) is 0.400. The molecule has 0 saturated carbocycles. The lowest BCUT2D eigenvalue weighted by molar-refractivity contribution is 0.298. The van der Waals surface area contributed by atoms with Crippen LogP contribution in [0.5, 0.6) is 0 Å². The SMILES string of the molecule is OCCc1[nH]c(Br)nc1Br. The number of hydrogen-bond donors (Lipinski definition) is 2. The maximum absolute atomic E-state index is 8.57. The molecule has 0 unspecified atom stereocenters. The number of nitrogens with zero attached hydrogens (tertiary/aromatic N) is 1. The van der Waals surface area contributed by atoms with Crippen LogP contribution in [0.4, 0.5) is 0 Å². The summed E-state index contributed by atoms with van der Waals surface area (Å²) in [4.78, 5) is 6.94. The number of aromatic amines is 1. The molecule has 2 N–H and O–H groups in total. The second kappa shape index (κ2) is 3.50. The molecule has 0 fully saturated rings. The molecule has 1 aromatic heterocycles. The van der Waals surface area contributed by atoms with E-state index in [1.165, 1.54) is 0 Å². The molecule has 5 heteroatoms. The van der Waals surface area contributed by atoms with E-state index in [2.05, 4.69) is 41.8 Å². The minimum atomic E-state index is 0.132. The van der Waals surface area contributed by atoms with E-state index in [0.29, 0.717) is 11.2 Å². The van der Waals surface area contributed by atoms with Gasteiger partial charge in [-0.15, -0.1) is 0 Å². The number of nitrogens with one attached hydrogen (secondary N) is 1. The lowest BCUT2D eigenvalue weighted by Crippen LogP contribution is -1.90. The van der Waals surface area contributed by atoms with Gasteiger partial charge in [0.15, 0.2) is 4.73 Å². The molecule has 0 atom stereocenters. The Morgan fingerprint density at radius 3 is 2.60 bits per heavy atom. The van der Waals surface area contributed by atoms with Gasteiger partial charge >= 0.3 is 0 Å². The number of aliphatic hydroxyl groups is 1. The summed E-state index contributed by atoms with van der Waals surface area (Å²) in [6, 6.07) is 0. The van der Waals surface area contributed by atoms with Crippen molar-refractivity contribution in [1.29, 1.82) is 0 Å². The van der Waals surface area contributed by atoms with E-state index in [4.69, 9.17) is 5.11 Å². The van der Waals surface area contributed by atoms with Gasteiger partial charge in [0.05, 0.1) is 5.69 Å². The van der Waals surface area contributed by atoms with Gasteiger partial charge in [0.2, 0.25) is 0 Å². The Hall–Kier alpha value is 0.130. The minimum Gasteiger partial charge on any atom is -0.396 e. The van der Waals surface area contributed by atoms with Crippen molar-refractivity contribution >= 4 is 31.9 Å². The van der Waals surface area contributed by atoms with Gasteiger partial charge in [-0.25, -0.2) is 4.98 Å². The molecule has 0 aromatic carbocycles. The molecule has 1 heterocycles. The zero-order chi connectivity index (χ0) is 7.56. The lowest BCUT2D eigenvalue weighted by Gasteiger charge is -1.90.